The number of ether oxygens (including phenoxy) is 1. The molecule has 3 aromatic rings. The number of hydrogen-bond acceptors (Lipinski definition) is 3. The Balaban J connectivity index is 1.33. The van der Waals surface area contributed by atoms with Crippen molar-refractivity contribution in [2.45, 2.75) is 24.8 Å². The van der Waals surface area contributed by atoms with Crippen LogP contribution in [0.2, 0.25) is 0 Å². The molecule has 0 aromatic heterocycles. The average molecular weight is 464 g/mol. The summed E-state index contributed by atoms with van der Waals surface area (Å²) in [5.74, 6) is 0.186. The van der Waals surface area contributed by atoms with Crippen LogP contribution in [0.1, 0.15) is 24.0 Å². The van der Waals surface area contributed by atoms with Crippen molar-refractivity contribution in [2.75, 3.05) is 37.0 Å². The number of fused-ring (bicyclic) bond motifs is 2. The van der Waals surface area contributed by atoms with Gasteiger partial charge >= 0.3 is 6.03 Å². The van der Waals surface area contributed by atoms with Crippen molar-refractivity contribution in [1.29, 1.82) is 0 Å². The summed E-state index contributed by atoms with van der Waals surface area (Å²) in [4.78, 5) is 17.2. The molecule has 0 bridgehead atoms. The monoisotopic (exact) mass is 463 g/mol. The Hall–Kier alpha value is -3.45. The minimum atomic E-state index is -0.298. The molecule has 2 aliphatic heterocycles. The van der Waals surface area contributed by atoms with Gasteiger partial charge in [-0.3, -0.25) is 9.80 Å². The second-order valence-corrected chi connectivity index (χ2v) is 9.09. The van der Waals surface area contributed by atoms with Gasteiger partial charge in [0.25, 0.3) is 0 Å². The van der Waals surface area contributed by atoms with Crippen LogP contribution in [0.15, 0.2) is 66.7 Å². The Morgan fingerprint density at radius 3 is 2.44 bits per heavy atom. The van der Waals surface area contributed by atoms with Gasteiger partial charge in [0.2, 0.25) is 0 Å². The van der Waals surface area contributed by atoms with E-state index in [1.165, 1.54) is 12.1 Å². The fourth-order valence-electron chi connectivity index (χ4n) is 5.15. The molecular formula is C27H27F2N3O2. The van der Waals surface area contributed by atoms with Gasteiger partial charge < -0.3 is 10.1 Å². The van der Waals surface area contributed by atoms with Crippen molar-refractivity contribution in [1.82, 2.24) is 4.90 Å². The van der Waals surface area contributed by atoms with E-state index in [4.69, 9.17) is 4.74 Å². The normalized spacial score (nSPS) is 17.0. The molecule has 0 saturated carbocycles. The zero-order valence-electron chi connectivity index (χ0n) is 19.1. The van der Waals surface area contributed by atoms with Gasteiger partial charge in [-0.2, -0.15) is 0 Å². The smallest absolute Gasteiger partial charge is 0.326 e. The first kappa shape index (κ1) is 22.3. The summed E-state index contributed by atoms with van der Waals surface area (Å²) in [7, 11) is 1.59. The summed E-state index contributed by atoms with van der Waals surface area (Å²) in [5, 5.41) is 2.95. The highest BCUT2D eigenvalue weighted by atomic mass is 19.1. The molecule has 7 heteroatoms. The fraction of sp³-hybridized carbons (Fsp3) is 0.296. The van der Waals surface area contributed by atoms with Crippen molar-refractivity contribution in [2.24, 2.45) is 0 Å². The largest absolute Gasteiger partial charge is 0.497 e. The van der Waals surface area contributed by atoms with Crippen molar-refractivity contribution >= 4 is 17.4 Å². The third kappa shape index (κ3) is 4.35. The number of nitrogens with zero attached hydrogens (tertiary/aromatic N) is 2. The molecule has 176 valence electrons. The zero-order chi connectivity index (χ0) is 23.7. The van der Waals surface area contributed by atoms with Gasteiger partial charge in [-0.25, -0.2) is 13.6 Å². The van der Waals surface area contributed by atoms with Crippen LogP contribution >= 0.6 is 0 Å². The quantitative estimate of drug-likeness (QED) is 0.551. The van der Waals surface area contributed by atoms with Crippen molar-refractivity contribution < 1.29 is 18.3 Å². The van der Waals surface area contributed by atoms with Crippen molar-refractivity contribution in [3.05, 3.63) is 89.5 Å². The number of carbonyl (C=O) groups excluding carboxylic acids is 1. The number of carbonyl (C=O) groups is 1. The second kappa shape index (κ2) is 9.06. The zero-order valence-corrected chi connectivity index (χ0v) is 19.1. The number of benzene rings is 3. The van der Waals surface area contributed by atoms with Gasteiger partial charge in [-0.05, 0) is 91.7 Å². The predicted octanol–water partition coefficient (Wildman–Crippen LogP) is 5.56. The van der Waals surface area contributed by atoms with Gasteiger partial charge in [0.05, 0.1) is 7.11 Å². The number of rotatable bonds is 4. The van der Waals surface area contributed by atoms with Crippen LogP contribution in [0, 0.1) is 11.6 Å². The molecule has 2 heterocycles. The molecule has 0 aliphatic carbocycles. The standard InChI is InChI=1S/C27H27F2N3O2/c1-34-23-8-6-22(7-9-23)30-26(33)32-18-27(24-16-21(29)5-10-25(24)32)11-13-31(14-12-27)17-19-3-2-4-20(28)15-19/h2-10,15-16H,11-14,17-18H2,1H3,(H,30,33). The van der Waals surface area contributed by atoms with Crippen LogP contribution in [-0.2, 0) is 12.0 Å². The summed E-state index contributed by atoms with van der Waals surface area (Å²) in [6, 6.07) is 18.3. The fourth-order valence-corrected chi connectivity index (χ4v) is 5.15. The molecule has 5 nitrogen and oxygen atoms in total. The molecule has 1 N–H and O–H groups in total. The lowest BCUT2D eigenvalue weighted by Crippen LogP contribution is -2.46. The average Bonchev–Trinajstić information content (AvgIpc) is 3.14. The SMILES string of the molecule is COc1ccc(NC(=O)N2CC3(CCN(Cc4cccc(F)c4)CC3)c3cc(F)ccc32)cc1. The van der Waals surface area contributed by atoms with E-state index in [0.29, 0.717) is 24.5 Å². The molecule has 5 rings (SSSR count). The Bertz CT molecular complexity index is 1190. The molecule has 34 heavy (non-hydrogen) atoms. The lowest BCUT2D eigenvalue weighted by atomic mass is 9.74. The minimum Gasteiger partial charge on any atom is -0.497 e. The number of piperidine rings is 1. The predicted molar refractivity (Wildman–Crippen MR) is 128 cm³/mol. The maximum atomic E-state index is 14.3. The van der Waals surface area contributed by atoms with Crippen LogP contribution in [-0.4, -0.2) is 37.7 Å². The minimum absolute atomic E-state index is 0.232. The summed E-state index contributed by atoms with van der Waals surface area (Å²) in [6.45, 7) is 2.76. The number of urea groups is 1. The van der Waals surface area contributed by atoms with Gasteiger partial charge in [-0.15, -0.1) is 0 Å². The first-order valence-corrected chi connectivity index (χ1v) is 11.5. The number of hydrogen-bond donors (Lipinski definition) is 1. The van der Waals surface area contributed by atoms with Crippen LogP contribution in [0.3, 0.4) is 0 Å². The molecule has 1 spiro atoms. The number of anilines is 2. The molecule has 0 unspecified atom stereocenters. The molecule has 3 aromatic carbocycles. The van der Waals surface area contributed by atoms with Gasteiger partial charge in [-0.1, -0.05) is 12.1 Å². The van der Waals surface area contributed by atoms with E-state index in [2.05, 4.69) is 10.2 Å². The van der Waals surface area contributed by atoms with Gasteiger partial charge in [0.1, 0.15) is 17.4 Å². The molecule has 2 amide bonds. The lowest BCUT2D eigenvalue weighted by molar-refractivity contribution is 0.159. The van der Waals surface area contributed by atoms with Gasteiger partial charge in [0, 0.05) is 29.9 Å². The number of methoxy groups -OCH3 is 1. The van der Waals surface area contributed by atoms with Gasteiger partial charge in [0.15, 0.2) is 0 Å². The third-order valence-corrected chi connectivity index (χ3v) is 6.98. The molecule has 0 atom stereocenters. The van der Waals surface area contributed by atoms with Crippen LogP contribution < -0.4 is 15.0 Å². The van der Waals surface area contributed by atoms with E-state index in [0.717, 1.165) is 42.7 Å². The highest BCUT2D eigenvalue weighted by molar-refractivity contribution is 6.03. The van der Waals surface area contributed by atoms with E-state index < -0.39 is 0 Å². The van der Waals surface area contributed by atoms with Crippen molar-refractivity contribution in [3.8, 4) is 5.75 Å². The first-order chi connectivity index (χ1) is 16.5. The second-order valence-electron chi connectivity index (χ2n) is 9.09. The summed E-state index contributed by atoms with van der Waals surface area (Å²) in [5.41, 5.74) is 2.95. The highest BCUT2D eigenvalue weighted by Crippen LogP contribution is 2.47. The maximum Gasteiger partial charge on any atom is 0.326 e. The summed E-state index contributed by atoms with van der Waals surface area (Å²) < 4.78 is 33.0. The van der Waals surface area contributed by atoms with E-state index in [1.807, 2.05) is 6.07 Å². The summed E-state index contributed by atoms with van der Waals surface area (Å²) in [6.07, 6.45) is 1.59. The molecule has 0 radical (unpaired) electrons. The summed E-state index contributed by atoms with van der Waals surface area (Å²) >= 11 is 0. The van der Waals surface area contributed by atoms with E-state index in [9.17, 15) is 13.6 Å². The lowest BCUT2D eigenvalue weighted by Gasteiger charge is -2.40. The van der Waals surface area contributed by atoms with E-state index >= 15 is 0 Å². The molecular weight excluding hydrogens is 436 g/mol. The topological polar surface area (TPSA) is 44.8 Å². The Kier molecular flexibility index (Phi) is 5.96. The van der Waals surface area contributed by atoms with E-state index in [-0.39, 0.29) is 23.1 Å². The van der Waals surface area contributed by atoms with Crippen LogP contribution in [0.4, 0.5) is 25.0 Å². The highest BCUT2D eigenvalue weighted by Gasteiger charge is 2.46. The maximum absolute atomic E-state index is 14.3. The Morgan fingerprint density at radius 2 is 1.74 bits per heavy atom. The number of amides is 2. The van der Waals surface area contributed by atoms with Crippen LogP contribution in [0.25, 0.3) is 0 Å². The number of nitrogens with one attached hydrogen (secondary N) is 1. The Labute approximate surface area is 197 Å². The van der Waals surface area contributed by atoms with E-state index in [1.54, 1.807) is 60.5 Å². The van der Waals surface area contributed by atoms with Crippen LogP contribution in [0.5, 0.6) is 5.75 Å². The number of halogens is 2. The molecule has 1 fully saturated rings. The first-order valence-electron chi connectivity index (χ1n) is 11.5. The molecule has 1 saturated heterocycles. The van der Waals surface area contributed by atoms with Crippen molar-refractivity contribution in [3.63, 3.8) is 0 Å². The molecule has 2 aliphatic rings. The number of likely N-dealkylation sites (tertiary alicyclic amines) is 1. The third-order valence-electron chi connectivity index (χ3n) is 6.98. The Morgan fingerprint density at radius 1 is 1.00 bits per heavy atom.